The Kier molecular flexibility index (Phi) is 4.99. The SMILES string of the molecule is CCCNC(c1ccc2c(c1)CCCO2)c1ccc(Br)s1. The van der Waals surface area contributed by atoms with Gasteiger partial charge in [0.15, 0.2) is 0 Å². The van der Waals surface area contributed by atoms with E-state index in [-0.39, 0.29) is 6.04 Å². The van der Waals surface area contributed by atoms with Gasteiger partial charge in [0.2, 0.25) is 0 Å². The Hall–Kier alpha value is -0.840. The molecule has 0 saturated carbocycles. The van der Waals surface area contributed by atoms with Crippen molar-refractivity contribution in [2.45, 2.75) is 32.2 Å². The predicted molar refractivity (Wildman–Crippen MR) is 92.4 cm³/mol. The average Bonchev–Trinajstić information content (AvgIpc) is 2.94. The summed E-state index contributed by atoms with van der Waals surface area (Å²) < 4.78 is 6.91. The molecule has 1 aromatic carbocycles. The van der Waals surface area contributed by atoms with Crippen LogP contribution in [0.3, 0.4) is 0 Å². The molecule has 3 rings (SSSR count). The van der Waals surface area contributed by atoms with Crippen LogP contribution in [0.15, 0.2) is 34.1 Å². The fraction of sp³-hybridized carbons (Fsp3) is 0.412. The molecule has 0 fully saturated rings. The molecule has 1 atom stereocenters. The van der Waals surface area contributed by atoms with Crippen molar-refractivity contribution >= 4 is 27.3 Å². The summed E-state index contributed by atoms with van der Waals surface area (Å²) in [4.78, 5) is 1.35. The molecule has 0 bridgehead atoms. The van der Waals surface area contributed by atoms with E-state index in [4.69, 9.17) is 4.74 Å². The maximum atomic E-state index is 5.72. The van der Waals surface area contributed by atoms with Crippen molar-refractivity contribution in [1.82, 2.24) is 5.32 Å². The smallest absolute Gasteiger partial charge is 0.122 e. The first-order valence-corrected chi connectivity index (χ1v) is 9.13. The van der Waals surface area contributed by atoms with Gasteiger partial charge in [-0.05, 0) is 71.1 Å². The summed E-state index contributed by atoms with van der Waals surface area (Å²) in [6, 6.07) is 11.3. The Labute approximate surface area is 138 Å². The van der Waals surface area contributed by atoms with E-state index in [1.807, 2.05) is 0 Å². The van der Waals surface area contributed by atoms with E-state index in [9.17, 15) is 0 Å². The summed E-state index contributed by atoms with van der Waals surface area (Å²) >= 11 is 5.37. The fourth-order valence-corrected chi connectivity index (χ4v) is 4.24. The number of fused-ring (bicyclic) bond motifs is 1. The van der Waals surface area contributed by atoms with Gasteiger partial charge in [0.1, 0.15) is 5.75 Å². The van der Waals surface area contributed by atoms with Crippen LogP contribution in [0, 0.1) is 0 Å². The third-order valence-electron chi connectivity index (χ3n) is 3.74. The molecule has 4 heteroatoms. The van der Waals surface area contributed by atoms with Gasteiger partial charge in [0.25, 0.3) is 0 Å². The topological polar surface area (TPSA) is 21.3 Å². The Bertz CT molecular complexity index is 611. The Morgan fingerprint density at radius 1 is 1.33 bits per heavy atom. The predicted octanol–water partition coefficient (Wildman–Crippen LogP) is 4.92. The number of nitrogens with one attached hydrogen (secondary N) is 1. The van der Waals surface area contributed by atoms with Gasteiger partial charge in [-0.25, -0.2) is 0 Å². The van der Waals surface area contributed by atoms with Crippen LogP contribution in [0.1, 0.15) is 41.8 Å². The molecule has 2 nitrogen and oxygen atoms in total. The highest BCUT2D eigenvalue weighted by atomic mass is 79.9. The number of aryl methyl sites for hydroxylation is 1. The van der Waals surface area contributed by atoms with Crippen molar-refractivity contribution in [3.63, 3.8) is 0 Å². The maximum absolute atomic E-state index is 5.72. The molecule has 1 unspecified atom stereocenters. The van der Waals surface area contributed by atoms with Crippen LogP contribution in [0.2, 0.25) is 0 Å². The molecule has 0 amide bonds. The third-order valence-corrected chi connectivity index (χ3v) is 5.43. The summed E-state index contributed by atoms with van der Waals surface area (Å²) in [6.07, 6.45) is 3.38. The van der Waals surface area contributed by atoms with Gasteiger partial charge in [-0.2, -0.15) is 0 Å². The fourth-order valence-electron chi connectivity index (χ4n) is 2.71. The minimum Gasteiger partial charge on any atom is -0.493 e. The lowest BCUT2D eigenvalue weighted by Gasteiger charge is -2.22. The lowest BCUT2D eigenvalue weighted by molar-refractivity contribution is 0.288. The number of thiophene rings is 1. The Morgan fingerprint density at radius 2 is 2.24 bits per heavy atom. The van der Waals surface area contributed by atoms with Crippen LogP contribution >= 0.6 is 27.3 Å². The molecule has 0 aliphatic carbocycles. The van der Waals surface area contributed by atoms with E-state index in [0.717, 1.165) is 38.2 Å². The van der Waals surface area contributed by atoms with Crippen LogP contribution in [-0.4, -0.2) is 13.2 Å². The summed E-state index contributed by atoms with van der Waals surface area (Å²) in [5, 5.41) is 3.67. The standard InChI is InChI=1S/C17H20BrNOS/c1-2-9-19-17(15-7-8-16(18)21-15)13-5-6-14-12(11-13)4-3-10-20-14/h5-8,11,17,19H,2-4,9-10H2,1H3. The number of hydrogen-bond acceptors (Lipinski definition) is 3. The normalized spacial score (nSPS) is 15.3. The highest BCUT2D eigenvalue weighted by Gasteiger charge is 2.18. The Morgan fingerprint density at radius 3 is 3.00 bits per heavy atom. The van der Waals surface area contributed by atoms with Gasteiger partial charge in [-0.3, -0.25) is 0 Å². The van der Waals surface area contributed by atoms with Gasteiger partial charge in [-0.1, -0.05) is 19.1 Å². The van der Waals surface area contributed by atoms with Crippen LogP contribution in [0.4, 0.5) is 0 Å². The summed E-state index contributed by atoms with van der Waals surface area (Å²) in [6.45, 7) is 4.07. The van der Waals surface area contributed by atoms with E-state index in [1.54, 1.807) is 11.3 Å². The van der Waals surface area contributed by atoms with Crippen molar-refractivity contribution in [2.75, 3.05) is 13.2 Å². The van der Waals surface area contributed by atoms with Gasteiger partial charge in [0, 0.05) is 4.88 Å². The Balaban J connectivity index is 1.92. The van der Waals surface area contributed by atoms with Crippen LogP contribution in [0.5, 0.6) is 5.75 Å². The second-order valence-electron chi connectivity index (χ2n) is 5.35. The zero-order chi connectivity index (χ0) is 14.7. The molecule has 2 aromatic rings. The highest BCUT2D eigenvalue weighted by Crippen LogP contribution is 2.34. The van der Waals surface area contributed by atoms with Gasteiger partial charge in [-0.15, -0.1) is 11.3 Å². The van der Waals surface area contributed by atoms with Crippen LogP contribution in [-0.2, 0) is 6.42 Å². The average molecular weight is 366 g/mol. The molecule has 0 spiro atoms. The molecule has 1 aromatic heterocycles. The van der Waals surface area contributed by atoms with Crippen molar-refractivity contribution in [3.05, 3.63) is 50.1 Å². The zero-order valence-corrected chi connectivity index (χ0v) is 14.6. The molecule has 1 aliphatic heterocycles. The molecule has 112 valence electrons. The molecular weight excluding hydrogens is 346 g/mol. The van der Waals surface area contributed by atoms with E-state index in [2.05, 4.69) is 58.5 Å². The number of rotatable bonds is 5. The molecule has 0 radical (unpaired) electrons. The largest absolute Gasteiger partial charge is 0.493 e. The second-order valence-corrected chi connectivity index (χ2v) is 7.84. The van der Waals surface area contributed by atoms with Gasteiger partial charge in [0.05, 0.1) is 16.4 Å². The van der Waals surface area contributed by atoms with E-state index >= 15 is 0 Å². The number of hydrogen-bond donors (Lipinski definition) is 1. The quantitative estimate of drug-likeness (QED) is 0.811. The lowest BCUT2D eigenvalue weighted by Crippen LogP contribution is -2.22. The summed E-state index contributed by atoms with van der Waals surface area (Å²) in [5.41, 5.74) is 2.68. The van der Waals surface area contributed by atoms with Crippen molar-refractivity contribution < 1.29 is 4.74 Å². The summed E-state index contributed by atoms with van der Waals surface area (Å²) in [7, 11) is 0. The zero-order valence-electron chi connectivity index (χ0n) is 12.2. The van der Waals surface area contributed by atoms with E-state index in [0.29, 0.717) is 0 Å². The minimum atomic E-state index is 0.272. The van der Waals surface area contributed by atoms with Gasteiger partial charge < -0.3 is 10.1 Å². The maximum Gasteiger partial charge on any atom is 0.122 e. The van der Waals surface area contributed by atoms with Crippen molar-refractivity contribution in [1.29, 1.82) is 0 Å². The van der Waals surface area contributed by atoms with Gasteiger partial charge >= 0.3 is 0 Å². The first-order chi connectivity index (χ1) is 10.3. The molecule has 1 aliphatic rings. The number of ether oxygens (including phenoxy) is 1. The lowest BCUT2D eigenvalue weighted by atomic mass is 9.98. The molecule has 0 saturated heterocycles. The molecule has 2 heterocycles. The molecular formula is C17H20BrNOS. The molecule has 1 N–H and O–H groups in total. The number of benzene rings is 1. The second kappa shape index (κ2) is 6.95. The van der Waals surface area contributed by atoms with Crippen molar-refractivity contribution in [3.8, 4) is 5.75 Å². The van der Waals surface area contributed by atoms with Crippen LogP contribution < -0.4 is 10.1 Å². The third kappa shape index (κ3) is 3.50. The first-order valence-electron chi connectivity index (χ1n) is 7.52. The summed E-state index contributed by atoms with van der Waals surface area (Å²) in [5.74, 6) is 1.06. The van der Waals surface area contributed by atoms with Crippen LogP contribution in [0.25, 0.3) is 0 Å². The molecule has 21 heavy (non-hydrogen) atoms. The van der Waals surface area contributed by atoms with E-state index < -0.39 is 0 Å². The monoisotopic (exact) mass is 365 g/mol. The first kappa shape index (κ1) is 15.1. The van der Waals surface area contributed by atoms with E-state index in [1.165, 1.54) is 19.8 Å². The minimum absolute atomic E-state index is 0.272. The highest BCUT2D eigenvalue weighted by molar-refractivity contribution is 9.11. The number of halogens is 1. The van der Waals surface area contributed by atoms with Crippen molar-refractivity contribution in [2.24, 2.45) is 0 Å².